The SMILES string of the molecule is CCCC(C)Oc1cc(C)cc(N)c1. The molecule has 1 rings (SSSR count). The highest BCUT2D eigenvalue weighted by molar-refractivity contribution is 5.47. The Labute approximate surface area is 86.1 Å². The van der Waals surface area contributed by atoms with Gasteiger partial charge in [0.15, 0.2) is 0 Å². The molecular weight excluding hydrogens is 174 g/mol. The average Bonchev–Trinajstić information content (AvgIpc) is 2.01. The molecule has 78 valence electrons. The van der Waals surface area contributed by atoms with Crippen LogP contribution in [0.4, 0.5) is 5.69 Å². The summed E-state index contributed by atoms with van der Waals surface area (Å²) < 4.78 is 5.74. The van der Waals surface area contributed by atoms with Crippen LogP contribution in [0.25, 0.3) is 0 Å². The van der Waals surface area contributed by atoms with Gasteiger partial charge in [0.1, 0.15) is 5.75 Å². The second-order valence-corrected chi connectivity index (χ2v) is 3.80. The Morgan fingerprint density at radius 3 is 2.64 bits per heavy atom. The number of benzene rings is 1. The molecule has 2 nitrogen and oxygen atoms in total. The van der Waals surface area contributed by atoms with Gasteiger partial charge in [-0.3, -0.25) is 0 Å². The average molecular weight is 193 g/mol. The van der Waals surface area contributed by atoms with E-state index in [-0.39, 0.29) is 6.10 Å². The lowest BCUT2D eigenvalue weighted by molar-refractivity contribution is 0.210. The van der Waals surface area contributed by atoms with Gasteiger partial charge in [-0.1, -0.05) is 13.3 Å². The fraction of sp³-hybridized carbons (Fsp3) is 0.500. The minimum absolute atomic E-state index is 0.265. The van der Waals surface area contributed by atoms with Crippen molar-refractivity contribution in [1.29, 1.82) is 0 Å². The van der Waals surface area contributed by atoms with Crippen molar-refractivity contribution in [2.45, 2.75) is 39.7 Å². The Bertz CT molecular complexity index is 276. The second kappa shape index (κ2) is 4.89. The molecule has 14 heavy (non-hydrogen) atoms. The number of anilines is 1. The summed E-state index contributed by atoms with van der Waals surface area (Å²) in [6, 6.07) is 5.83. The molecule has 1 aromatic carbocycles. The zero-order valence-electron chi connectivity index (χ0n) is 9.21. The van der Waals surface area contributed by atoms with Crippen LogP contribution in [-0.2, 0) is 0 Å². The van der Waals surface area contributed by atoms with Crippen molar-refractivity contribution < 1.29 is 4.74 Å². The van der Waals surface area contributed by atoms with Gasteiger partial charge in [-0.15, -0.1) is 0 Å². The first kappa shape index (κ1) is 10.9. The van der Waals surface area contributed by atoms with Crippen LogP contribution in [0.15, 0.2) is 18.2 Å². The van der Waals surface area contributed by atoms with Gasteiger partial charge in [0.05, 0.1) is 6.10 Å². The van der Waals surface area contributed by atoms with Crippen LogP contribution < -0.4 is 10.5 Å². The highest BCUT2D eigenvalue weighted by Crippen LogP contribution is 2.20. The van der Waals surface area contributed by atoms with Gasteiger partial charge in [-0.25, -0.2) is 0 Å². The Balaban J connectivity index is 2.66. The molecule has 0 amide bonds. The van der Waals surface area contributed by atoms with E-state index < -0.39 is 0 Å². The number of hydrogen-bond acceptors (Lipinski definition) is 2. The summed E-state index contributed by atoms with van der Waals surface area (Å²) in [7, 11) is 0. The number of aryl methyl sites for hydroxylation is 1. The fourth-order valence-electron chi connectivity index (χ4n) is 1.54. The van der Waals surface area contributed by atoms with Crippen LogP contribution in [0.3, 0.4) is 0 Å². The number of hydrogen-bond donors (Lipinski definition) is 1. The maximum atomic E-state index is 5.74. The highest BCUT2D eigenvalue weighted by Gasteiger charge is 2.03. The summed E-state index contributed by atoms with van der Waals surface area (Å²) in [5, 5.41) is 0. The van der Waals surface area contributed by atoms with E-state index in [9.17, 15) is 0 Å². The standard InChI is InChI=1S/C12H19NO/c1-4-5-10(3)14-12-7-9(2)6-11(13)8-12/h6-8,10H,4-5,13H2,1-3H3. The molecule has 0 fully saturated rings. The number of nitrogen functional groups attached to an aromatic ring is 1. The van der Waals surface area contributed by atoms with Crippen LogP contribution >= 0.6 is 0 Å². The minimum Gasteiger partial charge on any atom is -0.491 e. The van der Waals surface area contributed by atoms with Gasteiger partial charge in [-0.05, 0) is 38.0 Å². The molecule has 0 bridgehead atoms. The van der Waals surface area contributed by atoms with E-state index in [1.165, 1.54) is 0 Å². The van der Waals surface area contributed by atoms with E-state index in [4.69, 9.17) is 10.5 Å². The molecule has 0 heterocycles. The normalized spacial score (nSPS) is 12.5. The van der Waals surface area contributed by atoms with Crippen LogP contribution in [0.2, 0.25) is 0 Å². The van der Waals surface area contributed by atoms with Crippen molar-refractivity contribution in [2.24, 2.45) is 0 Å². The molecular formula is C12H19NO. The molecule has 0 spiro atoms. The van der Waals surface area contributed by atoms with Crippen LogP contribution in [0, 0.1) is 6.92 Å². The molecule has 1 atom stereocenters. The topological polar surface area (TPSA) is 35.2 Å². The molecule has 2 N–H and O–H groups in total. The first-order chi connectivity index (χ1) is 6.61. The molecule has 0 aromatic heterocycles. The van der Waals surface area contributed by atoms with Gasteiger partial charge in [0.25, 0.3) is 0 Å². The van der Waals surface area contributed by atoms with Gasteiger partial charge in [0, 0.05) is 11.8 Å². The maximum Gasteiger partial charge on any atom is 0.122 e. The van der Waals surface area contributed by atoms with E-state index in [0.717, 1.165) is 29.8 Å². The Hall–Kier alpha value is -1.18. The number of nitrogens with two attached hydrogens (primary N) is 1. The zero-order chi connectivity index (χ0) is 10.6. The summed E-state index contributed by atoms with van der Waals surface area (Å²) in [4.78, 5) is 0. The van der Waals surface area contributed by atoms with Crippen molar-refractivity contribution in [2.75, 3.05) is 5.73 Å². The van der Waals surface area contributed by atoms with Crippen molar-refractivity contribution in [1.82, 2.24) is 0 Å². The highest BCUT2D eigenvalue weighted by atomic mass is 16.5. The van der Waals surface area contributed by atoms with Crippen molar-refractivity contribution >= 4 is 5.69 Å². The molecule has 0 aliphatic carbocycles. The summed E-state index contributed by atoms with van der Waals surface area (Å²) in [5.74, 6) is 0.878. The Morgan fingerprint density at radius 1 is 1.36 bits per heavy atom. The Morgan fingerprint density at radius 2 is 2.07 bits per heavy atom. The summed E-state index contributed by atoms with van der Waals surface area (Å²) >= 11 is 0. The van der Waals surface area contributed by atoms with E-state index in [0.29, 0.717) is 0 Å². The molecule has 0 radical (unpaired) electrons. The number of ether oxygens (including phenoxy) is 1. The molecule has 0 saturated carbocycles. The smallest absolute Gasteiger partial charge is 0.122 e. The minimum atomic E-state index is 0.265. The monoisotopic (exact) mass is 193 g/mol. The van der Waals surface area contributed by atoms with Crippen LogP contribution in [-0.4, -0.2) is 6.10 Å². The summed E-state index contributed by atoms with van der Waals surface area (Å²) in [6.45, 7) is 6.26. The van der Waals surface area contributed by atoms with E-state index in [1.807, 2.05) is 25.1 Å². The lowest BCUT2D eigenvalue weighted by Gasteiger charge is -2.14. The first-order valence-electron chi connectivity index (χ1n) is 5.15. The predicted octanol–water partition coefficient (Wildman–Crippen LogP) is 3.14. The van der Waals surface area contributed by atoms with E-state index >= 15 is 0 Å². The van der Waals surface area contributed by atoms with Gasteiger partial charge < -0.3 is 10.5 Å². The third-order valence-corrected chi connectivity index (χ3v) is 2.11. The molecule has 1 unspecified atom stereocenters. The maximum absolute atomic E-state index is 5.74. The van der Waals surface area contributed by atoms with Gasteiger partial charge >= 0.3 is 0 Å². The largest absolute Gasteiger partial charge is 0.491 e. The van der Waals surface area contributed by atoms with Crippen LogP contribution in [0.5, 0.6) is 5.75 Å². The lowest BCUT2D eigenvalue weighted by Crippen LogP contribution is -2.11. The third kappa shape index (κ3) is 3.29. The van der Waals surface area contributed by atoms with Gasteiger partial charge in [-0.2, -0.15) is 0 Å². The molecule has 0 aliphatic heterocycles. The van der Waals surface area contributed by atoms with E-state index in [1.54, 1.807) is 0 Å². The van der Waals surface area contributed by atoms with Gasteiger partial charge in [0.2, 0.25) is 0 Å². The van der Waals surface area contributed by atoms with E-state index in [2.05, 4.69) is 13.8 Å². The molecule has 2 heteroatoms. The Kier molecular flexibility index (Phi) is 3.81. The predicted molar refractivity (Wildman–Crippen MR) is 60.6 cm³/mol. The molecule has 0 aliphatic rings. The molecule has 1 aromatic rings. The third-order valence-electron chi connectivity index (χ3n) is 2.11. The fourth-order valence-corrected chi connectivity index (χ4v) is 1.54. The summed E-state index contributed by atoms with van der Waals surface area (Å²) in [6.07, 6.45) is 2.48. The second-order valence-electron chi connectivity index (χ2n) is 3.80. The quantitative estimate of drug-likeness (QED) is 0.745. The first-order valence-corrected chi connectivity index (χ1v) is 5.15. The lowest BCUT2D eigenvalue weighted by atomic mass is 10.2. The zero-order valence-corrected chi connectivity index (χ0v) is 9.21. The van der Waals surface area contributed by atoms with Crippen molar-refractivity contribution in [3.8, 4) is 5.75 Å². The van der Waals surface area contributed by atoms with Crippen molar-refractivity contribution in [3.05, 3.63) is 23.8 Å². The number of rotatable bonds is 4. The van der Waals surface area contributed by atoms with Crippen molar-refractivity contribution in [3.63, 3.8) is 0 Å². The molecule has 0 saturated heterocycles. The van der Waals surface area contributed by atoms with Crippen LogP contribution in [0.1, 0.15) is 32.3 Å². The summed E-state index contributed by atoms with van der Waals surface area (Å²) in [5.41, 5.74) is 7.64.